The van der Waals surface area contributed by atoms with E-state index < -0.39 is 5.54 Å². The van der Waals surface area contributed by atoms with Gasteiger partial charge in [0.25, 0.3) is 0 Å². The van der Waals surface area contributed by atoms with Gasteiger partial charge in [0.15, 0.2) is 0 Å². The minimum absolute atomic E-state index is 0. The number of fused-ring (bicyclic) bond motifs is 1. The molecule has 6 heteroatoms. The molecule has 1 amide bonds. The molecule has 0 saturated carbocycles. The Bertz CT molecular complexity index is 762. The summed E-state index contributed by atoms with van der Waals surface area (Å²) in [4.78, 5) is 16.9. The number of pyridine rings is 1. The summed E-state index contributed by atoms with van der Waals surface area (Å²) in [5.41, 5.74) is 8.21. The van der Waals surface area contributed by atoms with E-state index in [0.717, 1.165) is 36.5 Å². The smallest absolute Gasteiger partial charge is 0.245 e. The highest BCUT2D eigenvalue weighted by Gasteiger charge is 2.27. The Kier molecular flexibility index (Phi) is 6.03. The molecule has 0 bridgehead atoms. The molecule has 2 heterocycles. The lowest BCUT2D eigenvalue weighted by atomic mass is 9.96. The first-order valence-electron chi connectivity index (χ1n) is 8.33. The monoisotopic (exact) mass is 361 g/mol. The van der Waals surface area contributed by atoms with Crippen LogP contribution in [-0.2, 0) is 11.2 Å². The summed E-state index contributed by atoms with van der Waals surface area (Å²) < 4.78 is 5.53. The van der Waals surface area contributed by atoms with Crippen molar-refractivity contribution >= 4 is 24.1 Å². The Morgan fingerprint density at radius 1 is 1.36 bits per heavy atom. The fraction of sp³-hybridized carbons (Fsp3) is 0.368. The van der Waals surface area contributed by atoms with E-state index in [1.165, 1.54) is 5.56 Å². The van der Waals surface area contributed by atoms with E-state index in [-0.39, 0.29) is 18.3 Å². The van der Waals surface area contributed by atoms with E-state index in [4.69, 9.17) is 10.5 Å². The molecular formula is C19H24ClN3O2. The molecule has 0 saturated heterocycles. The Morgan fingerprint density at radius 3 is 2.92 bits per heavy atom. The molecule has 2 aromatic rings. The van der Waals surface area contributed by atoms with Crippen LogP contribution in [0.15, 0.2) is 36.4 Å². The van der Waals surface area contributed by atoms with Crippen molar-refractivity contribution in [2.24, 2.45) is 5.73 Å². The zero-order chi connectivity index (χ0) is 17.2. The lowest BCUT2D eigenvalue weighted by Crippen LogP contribution is -2.48. The minimum atomic E-state index is -0.892. The second kappa shape index (κ2) is 7.85. The van der Waals surface area contributed by atoms with Crippen LogP contribution in [0.1, 0.15) is 32.3 Å². The molecular weight excluding hydrogens is 338 g/mol. The van der Waals surface area contributed by atoms with E-state index in [9.17, 15) is 4.79 Å². The van der Waals surface area contributed by atoms with Crippen molar-refractivity contribution in [3.63, 3.8) is 0 Å². The van der Waals surface area contributed by atoms with E-state index in [1.807, 2.05) is 31.2 Å². The van der Waals surface area contributed by atoms with Gasteiger partial charge in [-0.15, -0.1) is 12.4 Å². The van der Waals surface area contributed by atoms with Gasteiger partial charge in [-0.3, -0.25) is 4.79 Å². The van der Waals surface area contributed by atoms with Gasteiger partial charge in [0.2, 0.25) is 5.91 Å². The van der Waals surface area contributed by atoms with Gasteiger partial charge < -0.3 is 15.8 Å². The number of benzene rings is 1. The van der Waals surface area contributed by atoms with Gasteiger partial charge in [0.1, 0.15) is 11.6 Å². The predicted octanol–water partition coefficient (Wildman–Crippen LogP) is 3.56. The number of hydrogen-bond acceptors (Lipinski definition) is 4. The van der Waals surface area contributed by atoms with Crippen molar-refractivity contribution in [2.75, 3.05) is 11.9 Å². The number of amides is 1. The minimum Gasteiger partial charge on any atom is -0.493 e. The number of carbonyl (C=O) groups is 1. The Balaban J connectivity index is 0.00000225. The number of anilines is 1. The number of ether oxygens (including phenoxy) is 1. The van der Waals surface area contributed by atoms with Crippen LogP contribution in [0.5, 0.6) is 5.75 Å². The van der Waals surface area contributed by atoms with Crippen LogP contribution in [0.2, 0.25) is 0 Å². The van der Waals surface area contributed by atoms with Gasteiger partial charge in [0.05, 0.1) is 17.8 Å². The van der Waals surface area contributed by atoms with Crippen LogP contribution in [0.25, 0.3) is 11.3 Å². The molecule has 1 aliphatic heterocycles. The Morgan fingerprint density at radius 2 is 2.16 bits per heavy atom. The summed E-state index contributed by atoms with van der Waals surface area (Å²) in [5, 5.41) is 2.83. The number of carbonyl (C=O) groups excluding carboxylic acids is 1. The summed E-state index contributed by atoms with van der Waals surface area (Å²) >= 11 is 0. The van der Waals surface area contributed by atoms with E-state index >= 15 is 0 Å². The fourth-order valence-corrected chi connectivity index (χ4v) is 2.90. The van der Waals surface area contributed by atoms with Crippen LogP contribution < -0.4 is 15.8 Å². The molecule has 0 aliphatic carbocycles. The van der Waals surface area contributed by atoms with Crippen LogP contribution >= 0.6 is 12.4 Å². The van der Waals surface area contributed by atoms with Crippen molar-refractivity contribution in [2.45, 2.75) is 38.6 Å². The third-order valence-corrected chi connectivity index (χ3v) is 4.26. The van der Waals surface area contributed by atoms with Crippen molar-refractivity contribution in [3.8, 4) is 17.0 Å². The van der Waals surface area contributed by atoms with Crippen LogP contribution in [0.3, 0.4) is 0 Å². The second-order valence-electron chi connectivity index (χ2n) is 6.45. The van der Waals surface area contributed by atoms with E-state index in [1.54, 1.807) is 13.0 Å². The van der Waals surface area contributed by atoms with Crippen LogP contribution in [0, 0.1) is 0 Å². The van der Waals surface area contributed by atoms with E-state index in [2.05, 4.69) is 16.4 Å². The number of rotatable bonds is 5. The quantitative estimate of drug-likeness (QED) is 0.853. The summed E-state index contributed by atoms with van der Waals surface area (Å²) in [6.45, 7) is 4.49. The predicted molar refractivity (Wildman–Crippen MR) is 102 cm³/mol. The molecule has 1 aliphatic rings. The highest BCUT2D eigenvalue weighted by Crippen LogP contribution is 2.30. The summed E-state index contributed by atoms with van der Waals surface area (Å²) in [6.07, 6.45) is 2.40. The zero-order valence-corrected chi connectivity index (χ0v) is 15.4. The normalized spacial score (nSPS) is 14.7. The maximum absolute atomic E-state index is 12.3. The average Bonchev–Trinajstić information content (AvgIpc) is 3.02. The van der Waals surface area contributed by atoms with Gasteiger partial charge in [-0.05, 0) is 49.2 Å². The van der Waals surface area contributed by atoms with Crippen molar-refractivity contribution in [3.05, 3.63) is 42.0 Å². The number of hydrogen-bond donors (Lipinski definition) is 2. The molecule has 25 heavy (non-hydrogen) atoms. The van der Waals surface area contributed by atoms with Gasteiger partial charge in [-0.1, -0.05) is 19.4 Å². The lowest BCUT2D eigenvalue weighted by molar-refractivity contribution is -0.120. The third-order valence-electron chi connectivity index (χ3n) is 4.26. The summed E-state index contributed by atoms with van der Waals surface area (Å²) in [7, 11) is 0. The number of nitrogens with two attached hydrogens (primary N) is 1. The highest BCUT2D eigenvalue weighted by molar-refractivity contribution is 5.97. The molecule has 3 rings (SSSR count). The first kappa shape index (κ1) is 19.2. The third kappa shape index (κ3) is 4.30. The van der Waals surface area contributed by atoms with Gasteiger partial charge in [0, 0.05) is 12.0 Å². The average molecular weight is 362 g/mol. The van der Waals surface area contributed by atoms with Gasteiger partial charge >= 0.3 is 0 Å². The Hall–Kier alpha value is -2.11. The molecule has 5 nitrogen and oxygen atoms in total. The first-order valence-corrected chi connectivity index (χ1v) is 8.33. The number of halogens is 1. The number of aromatic nitrogens is 1. The zero-order valence-electron chi connectivity index (χ0n) is 14.5. The lowest BCUT2D eigenvalue weighted by Gasteiger charge is -2.22. The van der Waals surface area contributed by atoms with Crippen molar-refractivity contribution in [1.82, 2.24) is 4.98 Å². The molecule has 0 spiro atoms. The van der Waals surface area contributed by atoms with Gasteiger partial charge in [-0.25, -0.2) is 4.98 Å². The molecule has 134 valence electrons. The molecule has 1 aromatic carbocycles. The Labute approximate surface area is 154 Å². The highest BCUT2D eigenvalue weighted by atomic mass is 35.5. The molecule has 3 N–H and O–H groups in total. The maximum atomic E-state index is 12.3. The van der Waals surface area contributed by atoms with Crippen molar-refractivity contribution in [1.29, 1.82) is 0 Å². The molecule has 1 aromatic heterocycles. The van der Waals surface area contributed by atoms with Gasteiger partial charge in [-0.2, -0.15) is 0 Å². The van der Waals surface area contributed by atoms with Crippen LogP contribution in [-0.4, -0.2) is 23.0 Å². The largest absolute Gasteiger partial charge is 0.493 e. The molecule has 0 fully saturated rings. The SMILES string of the molecule is CCCC(C)(N)C(=O)Nc1cccc(-c2ccc3c(c2)CCO3)n1.Cl. The number of nitrogens with zero attached hydrogens (tertiary/aromatic N) is 1. The topological polar surface area (TPSA) is 77.2 Å². The second-order valence-corrected chi connectivity index (χ2v) is 6.45. The van der Waals surface area contributed by atoms with Crippen molar-refractivity contribution < 1.29 is 9.53 Å². The summed E-state index contributed by atoms with van der Waals surface area (Å²) in [5.74, 6) is 1.25. The molecule has 0 radical (unpaired) electrons. The standard InChI is InChI=1S/C19H23N3O2.ClH/c1-3-10-19(2,20)18(23)22-17-6-4-5-15(21-17)13-7-8-16-14(12-13)9-11-24-16;/h4-8,12H,3,9-11,20H2,1-2H3,(H,21,22,23);1H. The fourth-order valence-electron chi connectivity index (χ4n) is 2.90. The van der Waals surface area contributed by atoms with Crippen LogP contribution in [0.4, 0.5) is 5.82 Å². The summed E-state index contributed by atoms with van der Waals surface area (Å²) in [6, 6.07) is 11.7. The van der Waals surface area contributed by atoms with E-state index in [0.29, 0.717) is 12.2 Å². The molecule has 1 atom stereocenters. The molecule has 1 unspecified atom stereocenters. The maximum Gasteiger partial charge on any atom is 0.245 e. The first-order chi connectivity index (χ1) is 11.5. The number of nitrogens with one attached hydrogen (secondary N) is 1.